The van der Waals surface area contributed by atoms with Gasteiger partial charge in [-0.25, -0.2) is 4.79 Å². The van der Waals surface area contributed by atoms with Crippen molar-refractivity contribution < 1.29 is 18.4 Å². The fourth-order valence-electron chi connectivity index (χ4n) is 2.57. The summed E-state index contributed by atoms with van der Waals surface area (Å²) in [7, 11) is 1.37. The second kappa shape index (κ2) is 7.51. The molecule has 3 heterocycles. The van der Waals surface area contributed by atoms with E-state index < -0.39 is 0 Å². The topological polar surface area (TPSA) is 55.8 Å². The maximum atomic E-state index is 11.7. The molecule has 0 aromatic carbocycles. The minimum absolute atomic E-state index is 0.377. The Bertz CT molecular complexity index is 738. The second-order valence-corrected chi connectivity index (χ2v) is 6.51. The molecule has 0 aliphatic heterocycles. The summed E-state index contributed by atoms with van der Waals surface area (Å²) in [6.07, 6.45) is 1.67. The largest absolute Gasteiger partial charge is 0.468 e. The SMILES string of the molecule is COC(=O)c1cc(CN(Cc2ccco2)Cc2cccs2)oc1C. The molecule has 0 atom stereocenters. The van der Waals surface area contributed by atoms with Gasteiger partial charge in [0.25, 0.3) is 0 Å². The van der Waals surface area contributed by atoms with Crippen molar-refractivity contribution in [3.05, 3.63) is 69.7 Å². The van der Waals surface area contributed by atoms with E-state index in [1.807, 2.05) is 18.2 Å². The number of furan rings is 2. The van der Waals surface area contributed by atoms with E-state index in [2.05, 4.69) is 16.3 Å². The average molecular weight is 345 g/mol. The number of ether oxygens (including phenoxy) is 1. The summed E-state index contributed by atoms with van der Waals surface area (Å²) in [4.78, 5) is 15.2. The Morgan fingerprint density at radius 3 is 2.71 bits per heavy atom. The van der Waals surface area contributed by atoms with Crippen molar-refractivity contribution in [2.75, 3.05) is 7.11 Å². The summed E-state index contributed by atoms with van der Waals surface area (Å²) in [5, 5.41) is 2.06. The van der Waals surface area contributed by atoms with Crippen molar-refractivity contribution in [3.8, 4) is 0 Å². The Kier molecular flexibility index (Phi) is 5.17. The number of nitrogens with zero attached hydrogens (tertiary/aromatic N) is 1. The molecule has 0 saturated heterocycles. The van der Waals surface area contributed by atoms with Crippen LogP contribution < -0.4 is 0 Å². The van der Waals surface area contributed by atoms with E-state index in [0.29, 0.717) is 24.4 Å². The van der Waals surface area contributed by atoms with Crippen LogP contribution in [0.5, 0.6) is 0 Å². The number of hydrogen-bond donors (Lipinski definition) is 0. The lowest BCUT2D eigenvalue weighted by Gasteiger charge is -2.19. The first-order chi connectivity index (χ1) is 11.7. The average Bonchev–Trinajstić information content (AvgIpc) is 3.30. The van der Waals surface area contributed by atoms with Crippen LogP contribution >= 0.6 is 11.3 Å². The number of rotatable bonds is 7. The summed E-state index contributed by atoms with van der Waals surface area (Å²) in [5.41, 5.74) is 0.474. The van der Waals surface area contributed by atoms with Crippen molar-refractivity contribution in [1.82, 2.24) is 4.90 Å². The predicted molar refractivity (Wildman–Crippen MR) is 90.8 cm³/mol. The van der Waals surface area contributed by atoms with Gasteiger partial charge in [-0.1, -0.05) is 6.07 Å². The van der Waals surface area contributed by atoms with E-state index in [1.54, 1.807) is 30.6 Å². The number of carbonyl (C=O) groups excluding carboxylic acids is 1. The van der Waals surface area contributed by atoms with E-state index >= 15 is 0 Å². The Balaban J connectivity index is 1.76. The molecule has 5 nitrogen and oxygen atoms in total. The first-order valence-electron chi connectivity index (χ1n) is 7.60. The van der Waals surface area contributed by atoms with Gasteiger partial charge in [0.05, 0.1) is 26.5 Å². The molecule has 3 aromatic rings. The number of methoxy groups -OCH3 is 1. The quantitative estimate of drug-likeness (QED) is 0.600. The maximum absolute atomic E-state index is 11.7. The van der Waals surface area contributed by atoms with Gasteiger partial charge in [0.2, 0.25) is 0 Å². The van der Waals surface area contributed by atoms with E-state index in [0.717, 1.165) is 18.1 Å². The van der Waals surface area contributed by atoms with Gasteiger partial charge in [-0.3, -0.25) is 4.90 Å². The summed E-state index contributed by atoms with van der Waals surface area (Å²) in [6, 6.07) is 9.73. The molecule has 0 bridgehead atoms. The van der Waals surface area contributed by atoms with E-state index in [-0.39, 0.29) is 5.97 Å². The number of esters is 1. The predicted octanol–water partition coefficient (Wildman–Crippen LogP) is 4.23. The second-order valence-electron chi connectivity index (χ2n) is 5.48. The van der Waals surface area contributed by atoms with Crippen molar-refractivity contribution in [2.24, 2.45) is 0 Å². The standard InChI is InChI=1S/C18H19NO4S/c1-13-17(18(20)21-2)9-15(23-13)11-19(10-14-5-3-7-22-14)12-16-6-4-8-24-16/h3-9H,10-12H2,1-2H3. The zero-order valence-corrected chi connectivity index (χ0v) is 14.5. The van der Waals surface area contributed by atoms with Gasteiger partial charge >= 0.3 is 5.97 Å². The third-order valence-electron chi connectivity index (χ3n) is 3.67. The van der Waals surface area contributed by atoms with Gasteiger partial charge in [0, 0.05) is 11.4 Å². The van der Waals surface area contributed by atoms with Crippen LogP contribution in [-0.4, -0.2) is 18.0 Å². The van der Waals surface area contributed by atoms with E-state index in [1.165, 1.54) is 12.0 Å². The van der Waals surface area contributed by atoms with Gasteiger partial charge in [-0.2, -0.15) is 0 Å². The van der Waals surface area contributed by atoms with Crippen LogP contribution in [0.3, 0.4) is 0 Å². The number of thiophene rings is 1. The van der Waals surface area contributed by atoms with E-state index in [9.17, 15) is 4.79 Å². The van der Waals surface area contributed by atoms with Crippen LogP contribution in [0.4, 0.5) is 0 Å². The molecule has 126 valence electrons. The van der Waals surface area contributed by atoms with Crippen LogP contribution in [-0.2, 0) is 24.4 Å². The summed E-state index contributed by atoms with van der Waals surface area (Å²) < 4.78 is 16.0. The van der Waals surface area contributed by atoms with Crippen LogP contribution in [0, 0.1) is 6.92 Å². The molecule has 0 aliphatic carbocycles. The van der Waals surface area contributed by atoms with Gasteiger partial charge in [-0.15, -0.1) is 11.3 Å². The molecule has 0 fully saturated rings. The fraction of sp³-hybridized carbons (Fsp3) is 0.278. The van der Waals surface area contributed by atoms with Gasteiger partial charge in [0.15, 0.2) is 0 Å². The van der Waals surface area contributed by atoms with Crippen molar-refractivity contribution >= 4 is 17.3 Å². The third kappa shape index (κ3) is 3.96. The molecule has 0 N–H and O–H groups in total. The van der Waals surface area contributed by atoms with Gasteiger partial charge < -0.3 is 13.6 Å². The maximum Gasteiger partial charge on any atom is 0.341 e. The summed E-state index contributed by atoms with van der Waals surface area (Å²) in [5.74, 6) is 1.82. The highest BCUT2D eigenvalue weighted by atomic mass is 32.1. The lowest BCUT2D eigenvalue weighted by atomic mass is 10.2. The normalized spacial score (nSPS) is 11.1. The van der Waals surface area contributed by atoms with Crippen molar-refractivity contribution in [1.29, 1.82) is 0 Å². The molecular weight excluding hydrogens is 326 g/mol. The summed E-state index contributed by atoms with van der Waals surface area (Å²) in [6.45, 7) is 3.80. The smallest absolute Gasteiger partial charge is 0.341 e. The molecule has 24 heavy (non-hydrogen) atoms. The molecule has 0 spiro atoms. The Labute approximate surface area is 144 Å². The lowest BCUT2D eigenvalue weighted by molar-refractivity contribution is 0.0599. The third-order valence-corrected chi connectivity index (χ3v) is 4.53. The lowest BCUT2D eigenvalue weighted by Crippen LogP contribution is -2.21. The van der Waals surface area contributed by atoms with Gasteiger partial charge in [0.1, 0.15) is 22.8 Å². The molecule has 3 aromatic heterocycles. The first-order valence-corrected chi connectivity index (χ1v) is 8.48. The highest BCUT2D eigenvalue weighted by molar-refractivity contribution is 7.09. The van der Waals surface area contributed by atoms with Crippen LogP contribution in [0.2, 0.25) is 0 Å². The van der Waals surface area contributed by atoms with Crippen molar-refractivity contribution in [3.63, 3.8) is 0 Å². The Morgan fingerprint density at radius 2 is 2.04 bits per heavy atom. The Morgan fingerprint density at radius 1 is 1.21 bits per heavy atom. The van der Waals surface area contributed by atoms with Gasteiger partial charge in [-0.05, 0) is 36.6 Å². The minimum Gasteiger partial charge on any atom is -0.468 e. The fourth-order valence-corrected chi connectivity index (χ4v) is 3.31. The molecule has 0 radical (unpaired) electrons. The molecule has 0 saturated carbocycles. The zero-order chi connectivity index (χ0) is 16.9. The Hall–Kier alpha value is -2.31. The van der Waals surface area contributed by atoms with Crippen molar-refractivity contribution in [2.45, 2.75) is 26.6 Å². The molecular formula is C18H19NO4S. The molecule has 6 heteroatoms. The number of hydrogen-bond acceptors (Lipinski definition) is 6. The van der Waals surface area contributed by atoms with E-state index in [4.69, 9.17) is 13.6 Å². The van der Waals surface area contributed by atoms with Crippen LogP contribution in [0.15, 0.2) is 50.8 Å². The molecule has 0 aliphatic rings. The highest BCUT2D eigenvalue weighted by Crippen LogP contribution is 2.21. The molecule has 0 amide bonds. The molecule has 0 unspecified atom stereocenters. The van der Waals surface area contributed by atoms with Crippen LogP contribution in [0.25, 0.3) is 0 Å². The van der Waals surface area contributed by atoms with Crippen LogP contribution in [0.1, 0.15) is 32.5 Å². The molecule has 3 rings (SSSR count). The number of carbonyl (C=O) groups is 1. The number of aryl methyl sites for hydroxylation is 1. The minimum atomic E-state index is -0.377. The zero-order valence-electron chi connectivity index (χ0n) is 13.7. The highest BCUT2D eigenvalue weighted by Gasteiger charge is 2.18. The monoisotopic (exact) mass is 345 g/mol. The summed E-state index contributed by atoms with van der Waals surface area (Å²) >= 11 is 1.71. The first kappa shape index (κ1) is 16.5.